The molecule has 4 rings (SSSR count). The van der Waals surface area contributed by atoms with Crippen molar-refractivity contribution in [3.63, 3.8) is 0 Å². The fraction of sp³-hybridized carbons (Fsp3) is 0.478. The Morgan fingerprint density at radius 3 is 2.52 bits per heavy atom. The summed E-state index contributed by atoms with van der Waals surface area (Å²) in [5, 5.41) is 12.9. The number of nitriles is 1. The number of amides is 1. The Morgan fingerprint density at radius 1 is 1.16 bits per heavy atom. The van der Waals surface area contributed by atoms with Gasteiger partial charge in [0.1, 0.15) is 11.1 Å². The smallest absolute Gasteiger partial charge is 0.256 e. The van der Waals surface area contributed by atoms with Crippen LogP contribution in [0.5, 0.6) is 0 Å². The summed E-state index contributed by atoms with van der Waals surface area (Å²) >= 11 is 1.47. The predicted octanol–water partition coefficient (Wildman–Crippen LogP) is 4.70. The maximum atomic E-state index is 13.2. The molecule has 0 unspecified atom stereocenters. The molecule has 1 fully saturated rings. The summed E-state index contributed by atoms with van der Waals surface area (Å²) in [5.74, 6) is -0.333. The first-order chi connectivity index (χ1) is 15.0. The van der Waals surface area contributed by atoms with Crippen LogP contribution in [0.3, 0.4) is 0 Å². The molecule has 2 aliphatic carbocycles. The number of rotatable bonds is 6. The first-order valence-corrected chi connectivity index (χ1v) is 13.2. The molecule has 1 aromatic heterocycles. The molecule has 164 valence electrons. The second kappa shape index (κ2) is 9.11. The number of aryl methyl sites for hydroxylation is 1. The number of carbonyl (C=O) groups is 1. The summed E-state index contributed by atoms with van der Waals surface area (Å²) in [6.45, 7) is 2.31. The highest BCUT2D eigenvalue weighted by Crippen LogP contribution is 2.38. The Kier molecular flexibility index (Phi) is 6.47. The highest BCUT2D eigenvalue weighted by atomic mass is 32.2. The van der Waals surface area contributed by atoms with Gasteiger partial charge < -0.3 is 5.32 Å². The summed E-state index contributed by atoms with van der Waals surface area (Å²) in [7, 11) is -3.60. The minimum Gasteiger partial charge on any atom is -0.312 e. The second-order valence-electron chi connectivity index (χ2n) is 8.15. The standard InChI is InChI=1S/C23H27N3O3S2/c1-2-26(17-7-4-3-5-8-17)31(28,29)18-13-11-16(12-14-18)22(27)25-23-20(15-24)19-9-6-10-21(19)30-23/h11-14,17H,2-10H2,1H3,(H,25,27). The number of nitrogens with zero attached hydrogens (tertiary/aromatic N) is 2. The van der Waals surface area contributed by atoms with E-state index in [0.29, 0.717) is 22.7 Å². The van der Waals surface area contributed by atoms with Gasteiger partial charge in [0.2, 0.25) is 10.0 Å². The number of sulfonamides is 1. The van der Waals surface area contributed by atoms with Gasteiger partial charge in [0, 0.05) is 23.0 Å². The van der Waals surface area contributed by atoms with Crippen molar-refractivity contribution in [1.82, 2.24) is 4.31 Å². The van der Waals surface area contributed by atoms with E-state index in [1.54, 1.807) is 16.4 Å². The van der Waals surface area contributed by atoms with Crippen LogP contribution in [0, 0.1) is 11.3 Å². The molecule has 0 atom stereocenters. The van der Waals surface area contributed by atoms with Crippen molar-refractivity contribution >= 4 is 32.3 Å². The molecule has 0 spiro atoms. The zero-order chi connectivity index (χ0) is 22.0. The van der Waals surface area contributed by atoms with Crippen molar-refractivity contribution in [2.45, 2.75) is 69.2 Å². The highest BCUT2D eigenvalue weighted by molar-refractivity contribution is 7.89. The van der Waals surface area contributed by atoms with E-state index in [2.05, 4.69) is 11.4 Å². The average Bonchev–Trinajstić information content (AvgIpc) is 3.35. The Bertz CT molecular complexity index is 1110. The van der Waals surface area contributed by atoms with E-state index in [4.69, 9.17) is 0 Å². The normalized spacial score (nSPS) is 16.8. The molecule has 31 heavy (non-hydrogen) atoms. The Hall–Kier alpha value is -2.21. The molecule has 1 amide bonds. The van der Waals surface area contributed by atoms with Crippen LogP contribution in [0.2, 0.25) is 0 Å². The van der Waals surface area contributed by atoms with Crippen molar-refractivity contribution < 1.29 is 13.2 Å². The molecule has 6 nitrogen and oxygen atoms in total. The van der Waals surface area contributed by atoms with Gasteiger partial charge in [-0.15, -0.1) is 11.3 Å². The van der Waals surface area contributed by atoms with E-state index in [0.717, 1.165) is 50.5 Å². The molecular weight excluding hydrogens is 430 g/mol. The van der Waals surface area contributed by atoms with Crippen LogP contribution in [0.25, 0.3) is 0 Å². The first kappa shape index (κ1) is 22.0. The SMILES string of the molecule is CCN(C1CCCCC1)S(=O)(=O)c1ccc(C(=O)Nc2sc3c(c2C#N)CCC3)cc1. The van der Waals surface area contributed by atoms with Crippen LogP contribution < -0.4 is 5.32 Å². The summed E-state index contributed by atoms with van der Waals surface area (Å²) in [6.07, 6.45) is 7.98. The van der Waals surface area contributed by atoms with Gasteiger partial charge in [0.15, 0.2) is 0 Å². The van der Waals surface area contributed by atoms with Crippen LogP contribution in [-0.4, -0.2) is 31.2 Å². The Morgan fingerprint density at radius 2 is 1.87 bits per heavy atom. The first-order valence-electron chi connectivity index (χ1n) is 10.9. The third kappa shape index (κ3) is 4.27. The van der Waals surface area contributed by atoms with E-state index in [1.165, 1.54) is 34.8 Å². The lowest BCUT2D eigenvalue weighted by molar-refractivity contribution is 0.102. The zero-order valence-corrected chi connectivity index (χ0v) is 19.3. The zero-order valence-electron chi connectivity index (χ0n) is 17.7. The third-order valence-electron chi connectivity index (χ3n) is 6.28. The number of anilines is 1. The van der Waals surface area contributed by atoms with Gasteiger partial charge in [-0.25, -0.2) is 8.42 Å². The molecule has 8 heteroatoms. The molecule has 1 N–H and O–H groups in total. The average molecular weight is 458 g/mol. The number of benzene rings is 1. The largest absolute Gasteiger partial charge is 0.312 e. The lowest BCUT2D eigenvalue weighted by Gasteiger charge is -2.32. The lowest BCUT2D eigenvalue weighted by atomic mass is 9.95. The van der Waals surface area contributed by atoms with Gasteiger partial charge in [-0.1, -0.05) is 26.2 Å². The molecular formula is C23H27N3O3S2. The Balaban J connectivity index is 1.51. The summed E-state index contributed by atoms with van der Waals surface area (Å²) < 4.78 is 28.0. The third-order valence-corrected chi connectivity index (χ3v) is 9.53. The van der Waals surface area contributed by atoms with E-state index in [-0.39, 0.29) is 16.8 Å². The van der Waals surface area contributed by atoms with Crippen molar-refractivity contribution in [3.05, 3.63) is 45.8 Å². The highest BCUT2D eigenvalue weighted by Gasteiger charge is 2.31. The molecule has 1 saturated carbocycles. The summed E-state index contributed by atoms with van der Waals surface area (Å²) in [4.78, 5) is 14.1. The minimum absolute atomic E-state index is 0.0527. The van der Waals surface area contributed by atoms with E-state index in [9.17, 15) is 18.5 Å². The van der Waals surface area contributed by atoms with Crippen LogP contribution >= 0.6 is 11.3 Å². The van der Waals surface area contributed by atoms with Gasteiger partial charge in [-0.3, -0.25) is 4.79 Å². The second-order valence-corrected chi connectivity index (χ2v) is 11.1. The predicted molar refractivity (Wildman–Crippen MR) is 122 cm³/mol. The van der Waals surface area contributed by atoms with Crippen molar-refractivity contribution in [1.29, 1.82) is 5.26 Å². The van der Waals surface area contributed by atoms with Crippen molar-refractivity contribution in [3.8, 4) is 6.07 Å². The molecule has 1 aromatic carbocycles. The van der Waals surface area contributed by atoms with Gasteiger partial charge in [-0.05, 0) is 61.9 Å². The van der Waals surface area contributed by atoms with Crippen LogP contribution in [0.1, 0.15) is 71.8 Å². The lowest BCUT2D eigenvalue weighted by Crippen LogP contribution is -2.41. The maximum Gasteiger partial charge on any atom is 0.256 e. The molecule has 2 aromatic rings. The van der Waals surface area contributed by atoms with Crippen molar-refractivity contribution in [2.24, 2.45) is 0 Å². The fourth-order valence-corrected chi connectivity index (χ4v) is 7.62. The Labute approximate surface area is 187 Å². The number of hydrogen-bond donors (Lipinski definition) is 1. The maximum absolute atomic E-state index is 13.2. The van der Waals surface area contributed by atoms with Gasteiger partial charge in [-0.2, -0.15) is 9.57 Å². The van der Waals surface area contributed by atoms with Crippen LogP contribution in [-0.2, 0) is 22.9 Å². The molecule has 0 aliphatic heterocycles. The van der Waals surface area contributed by atoms with E-state index >= 15 is 0 Å². The van der Waals surface area contributed by atoms with Gasteiger partial charge >= 0.3 is 0 Å². The number of carbonyl (C=O) groups excluding carboxylic acids is 1. The van der Waals surface area contributed by atoms with E-state index < -0.39 is 10.0 Å². The molecule has 0 radical (unpaired) electrons. The van der Waals surface area contributed by atoms with Gasteiger partial charge in [0.05, 0.1) is 10.5 Å². The summed E-state index contributed by atoms with van der Waals surface area (Å²) in [5.41, 5.74) is 2.00. The fourth-order valence-electron chi connectivity index (χ4n) is 4.69. The topological polar surface area (TPSA) is 90.3 Å². The minimum atomic E-state index is -3.60. The molecule has 0 saturated heterocycles. The number of hydrogen-bond acceptors (Lipinski definition) is 5. The monoisotopic (exact) mass is 457 g/mol. The van der Waals surface area contributed by atoms with Crippen LogP contribution in [0.4, 0.5) is 5.00 Å². The quantitative estimate of drug-likeness (QED) is 0.680. The number of fused-ring (bicyclic) bond motifs is 1. The molecule has 0 bridgehead atoms. The van der Waals surface area contributed by atoms with Crippen LogP contribution in [0.15, 0.2) is 29.2 Å². The molecule has 2 aliphatic rings. The van der Waals surface area contributed by atoms with Gasteiger partial charge in [0.25, 0.3) is 5.91 Å². The number of thiophene rings is 1. The summed E-state index contributed by atoms with van der Waals surface area (Å²) in [6, 6.07) is 8.39. The molecule has 1 heterocycles. The van der Waals surface area contributed by atoms with Crippen molar-refractivity contribution in [2.75, 3.05) is 11.9 Å². The van der Waals surface area contributed by atoms with E-state index in [1.807, 2.05) is 6.92 Å². The number of nitrogens with one attached hydrogen (secondary N) is 1.